The van der Waals surface area contributed by atoms with Gasteiger partial charge in [-0.05, 0) is 48.8 Å². The number of rotatable bonds is 3. The molecule has 1 aromatic rings. The van der Waals surface area contributed by atoms with Gasteiger partial charge in [0.2, 0.25) is 0 Å². The molecule has 1 heteroatoms. The van der Waals surface area contributed by atoms with E-state index in [1.807, 2.05) is 6.07 Å². The second-order valence-corrected chi connectivity index (χ2v) is 5.19. The molecule has 2 rings (SSSR count). The molecule has 1 N–H and O–H groups in total. The van der Waals surface area contributed by atoms with E-state index >= 15 is 0 Å². The first-order valence-electron chi connectivity index (χ1n) is 7.27. The van der Waals surface area contributed by atoms with E-state index in [0.29, 0.717) is 0 Å². The van der Waals surface area contributed by atoms with E-state index in [-0.39, 0.29) is 6.10 Å². The SMILES string of the molecule is CCc1ccccc1C(O)/C1=C/CCCCCC1. The third-order valence-corrected chi connectivity index (χ3v) is 3.91. The van der Waals surface area contributed by atoms with Crippen LogP contribution in [0.4, 0.5) is 0 Å². The van der Waals surface area contributed by atoms with Crippen molar-refractivity contribution in [2.24, 2.45) is 0 Å². The Balaban J connectivity index is 2.20. The van der Waals surface area contributed by atoms with Gasteiger partial charge in [0.25, 0.3) is 0 Å². The van der Waals surface area contributed by atoms with Gasteiger partial charge in [-0.1, -0.05) is 50.1 Å². The summed E-state index contributed by atoms with van der Waals surface area (Å²) in [5.74, 6) is 0. The molecule has 1 aromatic carbocycles. The fourth-order valence-corrected chi connectivity index (χ4v) is 2.79. The molecule has 1 aliphatic rings. The number of aliphatic hydroxyl groups excluding tert-OH is 1. The lowest BCUT2D eigenvalue weighted by molar-refractivity contribution is 0.208. The molecule has 0 amide bonds. The molecule has 1 aliphatic carbocycles. The van der Waals surface area contributed by atoms with E-state index in [0.717, 1.165) is 24.8 Å². The first kappa shape index (κ1) is 13.4. The van der Waals surface area contributed by atoms with E-state index in [2.05, 4.69) is 31.2 Å². The highest BCUT2D eigenvalue weighted by atomic mass is 16.3. The zero-order valence-electron chi connectivity index (χ0n) is 11.4. The van der Waals surface area contributed by atoms with Gasteiger partial charge in [0.05, 0.1) is 0 Å². The Morgan fingerprint density at radius 3 is 2.72 bits per heavy atom. The van der Waals surface area contributed by atoms with Gasteiger partial charge in [-0.25, -0.2) is 0 Å². The predicted octanol–water partition coefficient (Wildman–Crippen LogP) is 4.56. The minimum absolute atomic E-state index is 0.390. The highest BCUT2D eigenvalue weighted by Crippen LogP contribution is 2.30. The fraction of sp³-hybridized carbons (Fsp3) is 0.529. The van der Waals surface area contributed by atoms with Crippen molar-refractivity contribution in [1.82, 2.24) is 0 Å². The minimum atomic E-state index is -0.390. The van der Waals surface area contributed by atoms with Gasteiger partial charge >= 0.3 is 0 Å². The highest BCUT2D eigenvalue weighted by molar-refractivity contribution is 5.34. The quantitative estimate of drug-likeness (QED) is 0.773. The summed E-state index contributed by atoms with van der Waals surface area (Å²) < 4.78 is 0. The molecule has 0 fully saturated rings. The second kappa shape index (κ2) is 6.75. The van der Waals surface area contributed by atoms with Crippen molar-refractivity contribution in [2.45, 2.75) is 58.0 Å². The van der Waals surface area contributed by atoms with Crippen LogP contribution >= 0.6 is 0 Å². The molecule has 0 saturated carbocycles. The molecule has 98 valence electrons. The monoisotopic (exact) mass is 244 g/mol. The van der Waals surface area contributed by atoms with Gasteiger partial charge in [0.1, 0.15) is 6.10 Å². The van der Waals surface area contributed by atoms with E-state index < -0.39 is 0 Å². The molecule has 0 aromatic heterocycles. The maximum absolute atomic E-state index is 10.6. The summed E-state index contributed by atoms with van der Waals surface area (Å²) in [6, 6.07) is 8.29. The first-order valence-corrected chi connectivity index (χ1v) is 7.27. The van der Waals surface area contributed by atoms with E-state index in [9.17, 15) is 5.11 Å². The maximum atomic E-state index is 10.6. The lowest BCUT2D eigenvalue weighted by Crippen LogP contribution is -2.06. The second-order valence-electron chi connectivity index (χ2n) is 5.19. The topological polar surface area (TPSA) is 20.2 Å². The van der Waals surface area contributed by atoms with Crippen molar-refractivity contribution in [3.8, 4) is 0 Å². The average Bonchev–Trinajstić information content (AvgIpc) is 2.37. The molecule has 0 aliphatic heterocycles. The molecule has 0 radical (unpaired) electrons. The number of benzene rings is 1. The van der Waals surface area contributed by atoms with E-state index in [1.165, 1.54) is 36.8 Å². The molecule has 1 atom stereocenters. The molecule has 1 nitrogen and oxygen atoms in total. The summed E-state index contributed by atoms with van der Waals surface area (Å²) in [6.07, 6.45) is 10.2. The smallest absolute Gasteiger partial charge is 0.100 e. The Kier molecular flexibility index (Phi) is 5.00. The van der Waals surface area contributed by atoms with Gasteiger partial charge in [-0.2, -0.15) is 0 Å². The Hall–Kier alpha value is -1.08. The third-order valence-electron chi connectivity index (χ3n) is 3.91. The van der Waals surface area contributed by atoms with Crippen LogP contribution in [0.25, 0.3) is 0 Å². The van der Waals surface area contributed by atoms with Crippen LogP contribution in [0.3, 0.4) is 0 Å². The van der Waals surface area contributed by atoms with Crippen LogP contribution in [0, 0.1) is 0 Å². The Morgan fingerprint density at radius 2 is 1.89 bits per heavy atom. The standard InChI is InChI=1S/C17H24O/c1-2-14-10-8-9-13-16(14)17(18)15-11-6-4-3-5-7-12-15/h8-11,13,17-18H,2-7,12H2,1H3/b15-11+. The van der Waals surface area contributed by atoms with Gasteiger partial charge < -0.3 is 5.11 Å². The van der Waals surface area contributed by atoms with Crippen molar-refractivity contribution in [1.29, 1.82) is 0 Å². The van der Waals surface area contributed by atoms with Crippen molar-refractivity contribution < 1.29 is 5.11 Å². The normalized spacial score (nSPS) is 21.6. The lowest BCUT2D eigenvalue weighted by atomic mass is 9.90. The molecule has 0 spiro atoms. The minimum Gasteiger partial charge on any atom is -0.384 e. The molecule has 0 saturated heterocycles. The summed E-state index contributed by atoms with van der Waals surface area (Å²) >= 11 is 0. The molecular weight excluding hydrogens is 220 g/mol. The van der Waals surface area contributed by atoms with Crippen molar-refractivity contribution in [3.63, 3.8) is 0 Å². The van der Waals surface area contributed by atoms with Crippen LogP contribution < -0.4 is 0 Å². The average molecular weight is 244 g/mol. The largest absolute Gasteiger partial charge is 0.384 e. The molecule has 1 unspecified atom stereocenters. The van der Waals surface area contributed by atoms with Crippen LogP contribution in [0.2, 0.25) is 0 Å². The van der Waals surface area contributed by atoms with Crippen molar-refractivity contribution in [2.75, 3.05) is 0 Å². The zero-order valence-corrected chi connectivity index (χ0v) is 11.4. The number of aliphatic hydroxyl groups is 1. The van der Waals surface area contributed by atoms with Crippen LogP contribution in [-0.4, -0.2) is 5.11 Å². The number of aryl methyl sites for hydroxylation is 1. The lowest BCUT2D eigenvalue weighted by Gasteiger charge is -2.20. The number of hydrogen-bond donors (Lipinski definition) is 1. The predicted molar refractivity (Wildman–Crippen MR) is 76.6 cm³/mol. The maximum Gasteiger partial charge on any atom is 0.100 e. The van der Waals surface area contributed by atoms with Crippen molar-refractivity contribution in [3.05, 3.63) is 47.0 Å². The highest BCUT2D eigenvalue weighted by Gasteiger charge is 2.16. The molecule has 0 heterocycles. The number of allylic oxidation sites excluding steroid dienone is 1. The third kappa shape index (κ3) is 3.23. The van der Waals surface area contributed by atoms with Gasteiger partial charge in [0.15, 0.2) is 0 Å². The Bertz CT molecular complexity index is 406. The zero-order chi connectivity index (χ0) is 12.8. The van der Waals surface area contributed by atoms with Gasteiger partial charge in [-0.3, -0.25) is 0 Å². The van der Waals surface area contributed by atoms with Crippen LogP contribution in [0.15, 0.2) is 35.9 Å². The van der Waals surface area contributed by atoms with Gasteiger partial charge in [0, 0.05) is 0 Å². The fourth-order valence-electron chi connectivity index (χ4n) is 2.79. The van der Waals surface area contributed by atoms with Crippen LogP contribution in [-0.2, 0) is 6.42 Å². The van der Waals surface area contributed by atoms with E-state index in [1.54, 1.807) is 0 Å². The van der Waals surface area contributed by atoms with Crippen LogP contribution in [0.1, 0.15) is 62.7 Å². The number of hydrogen-bond acceptors (Lipinski definition) is 1. The van der Waals surface area contributed by atoms with Gasteiger partial charge in [-0.15, -0.1) is 0 Å². The summed E-state index contributed by atoms with van der Waals surface area (Å²) in [4.78, 5) is 0. The summed E-state index contributed by atoms with van der Waals surface area (Å²) in [5, 5.41) is 10.6. The molecular formula is C17H24O. The van der Waals surface area contributed by atoms with Crippen LogP contribution in [0.5, 0.6) is 0 Å². The summed E-state index contributed by atoms with van der Waals surface area (Å²) in [6.45, 7) is 2.15. The Morgan fingerprint density at radius 1 is 1.11 bits per heavy atom. The van der Waals surface area contributed by atoms with E-state index in [4.69, 9.17) is 0 Å². The molecule has 18 heavy (non-hydrogen) atoms. The van der Waals surface area contributed by atoms with Crippen molar-refractivity contribution >= 4 is 0 Å². The summed E-state index contributed by atoms with van der Waals surface area (Å²) in [5.41, 5.74) is 3.61. The first-order chi connectivity index (χ1) is 8.83. The molecule has 0 bridgehead atoms. The summed E-state index contributed by atoms with van der Waals surface area (Å²) in [7, 11) is 0. The Labute approximate surface area is 111 Å².